The van der Waals surface area contributed by atoms with Gasteiger partial charge in [0.25, 0.3) is 0 Å². The van der Waals surface area contributed by atoms with E-state index >= 15 is 0 Å². The first-order valence-electron chi connectivity index (χ1n) is 5.66. The SMILES string of the molecule is CCC(C)(NS(=O)(=O)c1cccc(Cl)c1C)C(=O)O. The largest absolute Gasteiger partial charge is 0.480 e. The third-order valence-electron chi connectivity index (χ3n) is 3.05. The fourth-order valence-electron chi connectivity index (χ4n) is 1.50. The van der Waals surface area contributed by atoms with Gasteiger partial charge < -0.3 is 5.11 Å². The minimum absolute atomic E-state index is 0.0130. The molecule has 0 saturated heterocycles. The minimum Gasteiger partial charge on any atom is -0.480 e. The Morgan fingerprint density at radius 1 is 1.47 bits per heavy atom. The van der Waals surface area contributed by atoms with Gasteiger partial charge in [0, 0.05) is 5.02 Å². The Morgan fingerprint density at radius 2 is 2.05 bits per heavy atom. The van der Waals surface area contributed by atoms with Gasteiger partial charge >= 0.3 is 5.97 Å². The number of nitrogens with one attached hydrogen (secondary N) is 1. The second-order valence-electron chi connectivity index (χ2n) is 4.46. The number of aliphatic carboxylic acids is 1. The van der Waals surface area contributed by atoms with Crippen LogP contribution in [0.25, 0.3) is 0 Å². The lowest BCUT2D eigenvalue weighted by atomic mass is 10.0. The normalized spacial score (nSPS) is 14.9. The fraction of sp³-hybridized carbons (Fsp3) is 0.417. The van der Waals surface area contributed by atoms with Crippen molar-refractivity contribution in [2.24, 2.45) is 0 Å². The monoisotopic (exact) mass is 305 g/mol. The second-order valence-corrected chi connectivity index (χ2v) is 6.52. The number of hydrogen-bond acceptors (Lipinski definition) is 3. The van der Waals surface area contributed by atoms with Crippen LogP contribution in [0.3, 0.4) is 0 Å². The van der Waals surface area contributed by atoms with E-state index in [-0.39, 0.29) is 11.3 Å². The number of carboxylic acids is 1. The van der Waals surface area contributed by atoms with Crippen LogP contribution in [0.15, 0.2) is 23.1 Å². The highest BCUT2D eigenvalue weighted by atomic mass is 35.5. The molecule has 0 saturated carbocycles. The number of carbonyl (C=O) groups is 1. The van der Waals surface area contributed by atoms with Crippen molar-refractivity contribution < 1.29 is 18.3 Å². The molecule has 0 amide bonds. The Hall–Kier alpha value is -1.11. The van der Waals surface area contributed by atoms with E-state index < -0.39 is 21.5 Å². The third kappa shape index (κ3) is 3.26. The van der Waals surface area contributed by atoms with Gasteiger partial charge in [0.2, 0.25) is 10.0 Å². The molecule has 1 aromatic carbocycles. The zero-order valence-corrected chi connectivity index (χ0v) is 12.5. The van der Waals surface area contributed by atoms with Crippen LogP contribution >= 0.6 is 11.6 Å². The van der Waals surface area contributed by atoms with Crippen LogP contribution in [-0.2, 0) is 14.8 Å². The van der Waals surface area contributed by atoms with E-state index in [9.17, 15) is 13.2 Å². The first kappa shape index (κ1) is 15.9. The third-order valence-corrected chi connectivity index (χ3v) is 5.20. The first-order valence-corrected chi connectivity index (χ1v) is 7.52. The Morgan fingerprint density at radius 3 is 2.53 bits per heavy atom. The average molecular weight is 306 g/mol. The minimum atomic E-state index is -3.94. The Labute approximate surface area is 117 Å². The van der Waals surface area contributed by atoms with Crippen molar-refractivity contribution >= 4 is 27.6 Å². The summed E-state index contributed by atoms with van der Waals surface area (Å²) in [5.74, 6) is -1.22. The summed E-state index contributed by atoms with van der Waals surface area (Å²) in [4.78, 5) is 11.1. The molecule has 19 heavy (non-hydrogen) atoms. The molecule has 0 spiro atoms. The average Bonchev–Trinajstić information content (AvgIpc) is 2.31. The molecule has 0 bridgehead atoms. The summed E-state index contributed by atoms with van der Waals surface area (Å²) < 4.78 is 26.7. The Kier molecular flexibility index (Phi) is 4.60. The maximum atomic E-state index is 12.3. The molecule has 1 rings (SSSR count). The summed E-state index contributed by atoms with van der Waals surface area (Å²) in [7, 11) is -3.94. The van der Waals surface area contributed by atoms with E-state index in [1.165, 1.54) is 19.1 Å². The molecular weight excluding hydrogens is 290 g/mol. The van der Waals surface area contributed by atoms with Crippen LogP contribution < -0.4 is 4.72 Å². The van der Waals surface area contributed by atoms with Crippen LogP contribution in [0.5, 0.6) is 0 Å². The maximum Gasteiger partial charge on any atom is 0.324 e. The highest BCUT2D eigenvalue weighted by molar-refractivity contribution is 7.89. The van der Waals surface area contributed by atoms with E-state index in [0.717, 1.165) is 0 Å². The lowest BCUT2D eigenvalue weighted by Gasteiger charge is -2.24. The van der Waals surface area contributed by atoms with Crippen LogP contribution in [0.4, 0.5) is 0 Å². The molecule has 0 aliphatic heterocycles. The van der Waals surface area contributed by atoms with Crippen LogP contribution in [0.2, 0.25) is 5.02 Å². The summed E-state index contributed by atoms with van der Waals surface area (Å²) in [6.45, 7) is 4.50. The molecule has 1 unspecified atom stereocenters. The molecule has 0 heterocycles. The fourth-order valence-corrected chi connectivity index (χ4v) is 3.43. The number of sulfonamides is 1. The molecule has 0 fully saturated rings. The molecule has 2 N–H and O–H groups in total. The summed E-state index contributed by atoms with van der Waals surface area (Å²) in [5, 5.41) is 9.43. The molecular formula is C12H16ClNO4S. The van der Waals surface area contributed by atoms with Gasteiger partial charge in [-0.1, -0.05) is 24.6 Å². The van der Waals surface area contributed by atoms with Gasteiger partial charge in [-0.15, -0.1) is 0 Å². The number of rotatable bonds is 5. The van der Waals surface area contributed by atoms with Gasteiger partial charge in [-0.25, -0.2) is 8.42 Å². The van der Waals surface area contributed by atoms with Crippen molar-refractivity contribution in [1.82, 2.24) is 4.72 Å². The molecule has 106 valence electrons. The lowest BCUT2D eigenvalue weighted by molar-refractivity contribution is -0.143. The van der Waals surface area contributed by atoms with Gasteiger partial charge in [-0.3, -0.25) is 4.79 Å². The number of carboxylic acid groups (broad SMARTS) is 1. The van der Waals surface area contributed by atoms with Gasteiger partial charge in [0.15, 0.2) is 0 Å². The molecule has 0 aliphatic carbocycles. The summed E-state index contributed by atoms with van der Waals surface area (Å²) >= 11 is 5.88. The van der Waals surface area contributed by atoms with Gasteiger partial charge in [0.05, 0.1) is 4.90 Å². The summed E-state index contributed by atoms with van der Waals surface area (Å²) in [5.41, 5.74) is -1.16. The van der Waals surface area contributed by atoms with E-state index in [1.54, 1.807) is 19.9 Å². The number of halogens is 1. The quantitative estimate of drug-likeness (QED) is 0.873. The molecule has 7 heteroatoms. The second kappa shape index (κ2) is 5.48. The van der Waals surface area contributed by atoms with Crippen molar-refractivity contribution in [2.75, 3.05) is 0 Å². The predicted octanol–water partition coefficient (Wildman–Crippen LogP) is 2.18. The van der Waals surface area contributed by atoms with Crippen molar-refractivity contribution in [1.29, 1.82) is 0 Å². The predicted molar refractivity (Wildman–Crippen MR) is 72.8 cm³/mol. The van der Waals surface area contributed by atoms with Crippen molar-refractivity contribution in [3.63, 3.8) is 0 Å². The van der Waals surface area contributed by atoms with E-state index in [2.05, 4.69) is 4.72 Å². The van der Waals surface area contributed by atoms with Crippen molar-refractivity contribution in [3.05, 3.63) is 28.8 Å². The standard InChI is InChI=1S/C12H16ClNO4S/c1-4-12(3,11(15)16)14-19(17,18)10-7-5-6-9(13)8(10)2/h5-7,14H,4H2,1-3H3,(H,15,16). The topological polar surface area (TPSA) is 83.5 Å². The van der Waals surface area contributed by atoms with Crippen LogP contribution in [0, 0.1) is 6.92 Å². The molecule has 0 aromatic heterocycles. The maximum absolute atomic E-state index is 12.3. The van der Waals surface area contributed by atoms with Gasteiger partial charge in [-0.05, 0) is 38.0 Å². The number of hydrogen-bond donors (Lipinski definition) is 2. The zero-order chi connectivity index (χ0) is 14.8. The molecule has 5 nitrogen and oxygen atoms in total. The zero-order valence-electron chi connectivity index (χ0n) is 10.9. The van der Waals surface area contributed by atoms with E-state index in [4.69, 9.17) is 16.7 Å². The van der Waals surface area contributed by atoms with E-state index in [0.29, 0.717) is 10.6 Å². The molecule has 0 aliphatic rings. The molecule has 0 radical (unpaired) electrons. The van der Waals surface area contributed by atoms with E-state index in [1.807, 2.05) is 0 Å². The molecule has 1 aromatic rings. The lowest BCUT2D eigenvalue weighted by Crippen LogP contribution is -2.51. The van der Waals surface area contributed by atoms with Gasteiger partial charge in [0.1, 0.15) is 5.54 Å². The van der Waals surface area contributed by atoms with Crippen molar-refractivity contribution in [3.8, 4) is 0 Å². The van der Waals surface area contributed by atoms with Crippen LogP contribution in [-0.4, -0.2) is 25.0 Å². The molecule has 1 atom stereocenters. The first-order chi connectivity index (χ1) is 8.64. The smallest absolute Gasteiger partial charge is 0.324 e. The van der Waals surface area contributed by atoms with Gasteiger partial charge in [-0.2, -0.15) is 4.72 Å². The Bertz CT molecular complexity index is 600. The van der Waals surface area contributed by atoms with Crippen LogP contribution in [0.1, 0.15) is 25.8 Å². The summed E-state index contributed by atoms with van der Waals surface area (Å²) in [6.07, 6.45) is 0.126. The van der Waals surface area contributed by atoms with Crippen molar-refractivity contribution in [2.45, 2.75) is 37.6 Å². The highest BCUT2D eigenvalue weighted by Crippen LogP contribution is 2.24. The summed E-state index contributed by atoms with van der Waals surface area (Å²) in [6, 6.07) is 4.47. The Balaban J connectivity index is 3.26. The highest BCUT2D eigenvalue weighted by Gasteiger charge is 2.36. The number of benzene rings is 1.